The number of imidazole rings is 1. The van der Waals surface area contributed by atoms with Crippen LogP contribution >= 0.6 is 0 Å². The standard InChI is InChI=1S/C31H20N2O2/c34-27-14-13-18-7-3-5-11-22(18)28(27)29-23-12-6-4-10-21(23)15-24(30(29)35)31-32-25-16-19-8-1-2-9-20(19)17-26(25)33-31/h1-17,34-35H,(H,32,33). The van der Waals surface area contributed by atoms with Gasteiger partial charge in [-0.2, -0.15) is 0 Å². The molecule has 0 bridgehead atoms. The van der Waals surface area contributed by atoms with Crippen molar-refractivity contribution in [2.24, 2.45) is 0 Å². The highest BCUT2D eigenvalue weighted by molar-refractivity contribution is 6.12. The van der Waals surface area contributed by atoms with Crippen LogP contribution in [0.2, 0.25) is 0 Å². The van der Waals surface area contributed by atoms with Gasteiger partial charge in [0.15, 0.2) is 0 Å². The minimum Gasteiger partial charge on any atom is -0.507 e. The van der Waals surface area contributed by atoms with Crippen molar-refractivity contribution in [3.8, 4) is 34.0 Å². The molecule has 0 radical (unpaired) electrons. The molecular weight excluding hydrogens is 432 g/mol. The Labute approximate surface area is 200 Å². The molecule has 0 atom stereocenters. The van der Waals surface area contributed by atoms with E-state index in [0.717, 1.165) is 43.4 Å². The second kappa shape index (κ2) is 7.34. The second-order valence-electron chi connectivity index (χ2n) is 8.85. The lowest BCUT2D eigenvalue weighted by atomic mass is 9.90. The number of H-pyrrole nitrogens is 1. The highest BCUT2D eigenvalue weighted by Crippen LogP contribution is 2.48. The quantitative estimate of drug-likeness (QED) is 0.251. The maximum absolute atomic E-state index is 11.7. The zero-order chi connectivity index (χ0) is 23.5. The van der Waals surface area contributed by atoms with E-state index < -0.39 is 0 Å². The number of aromatic hydroxyl groups is 2. The third-order valence-electron chi connectivity index (χ3n) is 6.78. The molecule has 1 aromatic heterocycles. The van der Waals surface area contributed by atoms with E-state index in [1.807, 2.05) is 72.8 Å². The van der Waals surface area contributed by atoms with Crippen LogP contribution in [0, 0.1) is 0 Å². The van der Waals surface area contributed by atoms with Crippen molar-refractivity contribution in [3.63, 3.8) is 0 Å². The van der Waals surface area contributed by atoms with Gasteiger partial charge in [-0.15, -0.1) is 0 Å². The topological polar surface area (TPSA) is 69.1 Å². The van der Waals surface area contributed by atoms with Gasteiger partial charge in [0.05, 0.1) is 16.6 Å². The van der Waals surface area contributed by atoms with Crippen molar-refractivity contribution in [2.75, 3.05) is 0 Å². The Morgan fingerprint density at radius 1 is 0.571 bits per heavy atom. The number of phenols is 2. The van der Waals surface area contributed by atoms with E-state index in [0.29, 0.717) is 22.5 Å². The van der Waals surface area contributed by atoms with Gasteiger partial charge in [-0.05, 0) is 56.6 Å². The van der Waals surface area contributed by atoms with E-state index >= 15 is 0 Å². The molecule has 1 heterocycles. The SMILES string of the molecule is Oc1ccc2ccccc2c1-c1c(O)c(-c2nc3cc4ccccc4cc3[nH]2)cc2ccccc12. The van der Waals surface area contributed by atoms with Crippen molar-refractivity contribution in [2.45, 2.75) is 0 Å². The number of nitrogens with zero attached hydrogens (tertiary/aromatic N) is 1. The molecule has 35 heavy (non-hydrogen) atoms. The van der Waals surface area contributed by atoms with Gasteiger partial charge in [-0.1, -0.05) is 78.9 Å². The lowest BCUT2D eigenvalue weighted by Crippen LogP contribution is -1.91. The summed E-state index contributed by atoms with van der Waals surface area (Å²) in [5, 5.41) is 28.6. The molecule has 0 spiro atoms. The normalized spacial score (nSPS) is 11.7. The molecular formula is C31H20N2O2. The van der Waals surface area contributed by atoms with Crippen molar-refractivity contribution in [1.82, 2.24) is 9.97 Å². The van der Waals surface area contributed by atoms with E-state index in [9.17, 15) is 10.2 Å². The van der Waals surface area contributed by atoms with Gasteiger partial charge in [0.1, 0.15) is 17.3 Å². The third kappa shape index (κ3) is 2.97. The van der Waals surface area contributed by atoms with Gasteiger partial charge < -0.3 is 15.2 Å². The first-order chi connectivity index (χ1) is 17.2. The molecule has 7 aromatic rings. The van der Waals surface area contributed by atoms with Crippen LogP contribution < -0.4 is 0 Å². The Hall–Kier alpha value is -4.83. The maximum Gasteiger partial charge on any atom is 0.142 e. The number of aromatic amines is 1. The Morgan fingerprint density at radius 2 is 1.20 bits per heavy atom. The van der Waals surface area contributed by atoms with Gasteiger partial charge in [0.25, 0.3) is 0 Å². The van der Waals surface area contributed by atoms with Gasteiger partial charge in [-0.3, -0.25) is 0 Å². The van der Waals surface area contributed by atoms with Crippen molar-refractivity contribution < 1.29 is 10.2 Å². The molecule has 7 rings (SSSR count). The molecule has 4 heteroatoms. The highest BCUT2D eigenvalue weighted by atomic mass is 16.3. The minimum absolute atomic E-state index is 0.0824. The summed E-state index contributed by atoms with van der Waals surface area (Å²) in [5.74, 6) is 0.788. The Balaban J connectivity index is 1.56. The van der Waals surface area contributed by atoms with Gasteiger partial charge in [0.2, 0.25) is 0 Å². The summed E-state index contributed by atoms with van der Waals surface area (Å²) >= 11 is 0. The average molecular weight is 453 g/mol. The lowest BCUT2D eigenvalue weighted by Gasteiger charge is -2.16. The van der Waals surface area contributed by atoms with E-state index in [4.69, 9.17) is 4.98 Å². The zero-order valence-electron chi connectivity index (χ0n) is 18.7. The van der Waals surface area contributed by atoms with Gasteiger partial charge in [0, 0.05) is 11.1 Å². The number of aromatic nitrogens is 2. The first kappa shape index (κ1) is 19.6. The van der Waals surface area contributed by atoms with Crippen LogP contribution in [0.1, 0.15) is 0 Å². The first-order valence-corrected chi connectivity index (χ1v) is 11.5. The molecule has 166 valence electrons. The summed E-state index contributed by atoms with van der Waals surface area (Å²) in [5.41, 5.74) is 3.53. The molecule has 0 unspecified atom stereocenters. The molecule has 0 fully saturated rings. The van der Waals surface area contributed by atoms with E-state index in [2.05, 4.69) is 29.2 Å². The molecule has 3 N–H and O–H groups in total. The minimum atomic E-state index is 0.0824. The Morgan fingerprint density at radius 3 is 1.97 bits per heavy atom. The van der Waals surface area contributed by atoms with Crippen molar-refractivity contribution >= 4 is 43.4 Å². The lowest BCUT2D eigenvalue weighted by molar-refractivity contribution is 0.471. The van der Waals surface area contributed by atoms with Crippen LogP contribution in [0.25, 0.3) is 65.9 Å². The number of phenolic OH excluding ortho intramolecular Hbond substituents is 2. The molecule has 0 aliphatic rings. The number of hydrogen-bond acceptors (Lipinski definition) is 3. The monoisotopic (exact) mass is 452 g/mol. The summed E-state index contributed by atoms with van der Waals surface area (Å²) in [4.78, 5) is 8.25. The molecule has 4 nitrogen and oxygen atoms in total. The second-order valence-corrected chi connectivity index (χ2v) is 8.85. The van der Waals surface area contributed by atoms with E-state index in [1.165, 1.54) is 0 Å². The fourth-order valence-corrected chi connectivity index (χ4v) is 5.12. The van der Waals surface area contributed by atoms with Crippen LogP contribution in [0.5, 0.6) is 11.5 Å². The van der Waals surface area contributed by atoms with Crippen LogP contribution in [-0.2, 0) is 0 Å². The summed E-state index contributed by atoms with van der Waals surface area (Å²) < 4.78 is 0. The third-order valence-corrected chi connectivity index (χ3v) is 6.78. The summed E-state index contributed by atoms with van der Waals surface area (Å²) in [6.45, 7) is 0. The summed E-state index contributed by atoms with van der Waals surface area (Å²) in [7, 11) is 0. The Kier molecular flexibility index (Phi) is 4.11. The van der Waals surface area contributed by atoms with Crippen molar-refractivity contribution in [1.29, 1.82) is 0 Å². The maximum atomic E-state index is 11.7. The largest absolute Gasteiger partial charge is 0.507 e. The van der Waals surface area contributed by atoms with Crippen LogP contribution in [0.4, 0.5) is 0 Å². The fourth-order valence-electron chi connectivity index (χ4n) is 5.12. The predicted octanol–water partition coefficient (Wildman–Crippen LogP) is 7.77. The number of fused-ring (bicyclic) bond motifs is 4. The summed E-state index contributed by atoms with van der Waals surface area (Å²) in [6.07, 6.45) is 0. The molecule has 0 aliphatic carbocycles. The number of benzene rings is 6. The van der Waals surface area contributed by atoms with Crippen molar-refractivity contribution in [3.05, 3.63) is 103 Å². The van der Waals surface area contributed by atoms with Gasteiger partial charge >= 0.3 is 0 Å². The average Bonchev–Trinajstić information content (AvgIpc) is 3.30. The fraction of sp³-hybridized carbons (Fsp3) is 0. The van der Waals surface area contributed by atoms with Crippen LogP contribution in [0.15, 0.2) is 103 Å². The number of rotatable bonds is 2. The smallest absolute Gasteiger partial charge is 0.142 e. The van der Waals surface area contributed by atoms with E-state index in [-0.39, 0.29) is 11.5 Å². The number of nitrogens with one attached hydrogen (secondary N) is 1. The van der Waals surface area contributed by atoms with Gasteiger partial charge in [-0.25, -0.2) is 4.98 Å². The molecule has 0 saturated carbocycles. The molecule has 0 amide bonds. The first-order valence-electron chi connectivity index (χ1n) is 11.5. The summed E-state index contributed by atoms with van der Waals surface area (Å²) in [6, 6.07) is 33.6. The molecule has 6 aromatic carbocycles. The van der Waals surface area contributed by atoms with Crippen LogP contribution in [-0.4, -0.2) is 20.2 Å². The highest BCUT2D eigenvalue weighted by Gasteiger charge is 2.21. The predicted molar refractivity (Wildman–Crippen MR) is 143 cm³/mol. The van der Waals surface area contributed by atoms with E-state index in [1.54, 1.807) is 6.07 Å². The Bertz CT molecular complexity index is 1880. The molecule has 0 aliphatic heterocycles. The van der Waals surface area contributed by atoms with Crippen LogP contribution in [0.3, 0.4) is 0 Å². The zero-order valence-corrected chi connectivity index (χ0v) is 18.7. The molecule has 0 saturated heterocycles. The number of hydrogen-bond donors (Lipinski definition) is 3.